The standard InChI is InChI=1S/C20H18O3/c1-20(14-8-10-17(21)11-9-14,15-4-2-6-18(22)12-15)16-5-3-7-19(23)13-16/h2-13,21-23H,1H3. The first-order valence-electron chi connectivity index (χ1n) is 7.38. The van der Waals surface area contributed by atoms with Crippen LogP contribution in [0.5, 0.6) is 17.2 Å². The molecule has 0 amide bonds. The van der Waals surface area contributed by atoms with Gasteiger partial charge in [0.1, 0.15) is 17.2 Å². The lowest BCUT2D eigenvalue weighted by Gasteiger charge is -2.32. The van der Waals surface area contributed by atoms with E-state index in [4.69, 9.17) is 0 Å². The second kappa shape index (κ2) is 5.69. The van der Waals surface area contributed by atoms with Crippen molar-refractivity contribution in [3.8, 4) is 17.2 Å². The van der Waals surface area contributed by atoms with Crippen molar-refractivity contribution < 1.29 is 15.3 Å². The number of benzene rings is 3. The molecule has 0 aliphatic rings. The van der Waals surface area contributed by atoms with Gasteiger partial charge in [-0.3, -0.25) is 0 Å². The predicted octanol–water partition coefficient (Wildman–Crippen LogP) is 4.16. The predicted molar refractivity (Wildman–Crippen MR) is 89.9 cm³/mol. The van der Waals surface area contributed by atoms with Crippen LogP contribution in [-0.2, 0) is 5.41 Å². The Bertz CT molecular complexity index is 777. The molecule has 0 saturated carbocycles. The summed E-state index contributed by atoms with van der Waals surface area (Å²) in [6, 6.07) is 21.1. The van der Waals surface area contributed by atoms with E-state index in [0.29, 0.717) is 0 Å². The van der Waals surface area contributed by atoms with Crippen molar-refractivity contribution >= 4 is 0 Å². The third-order valence-electron chi connectivity index (χ3n) is 4.29. The molecule has 0 fully saturated rings. The first-order chi connectivity index (χ1) is 11.0. The van der Waals surface area contributed by atoms with Crippen LogP contribution in [0.3, 0.4) is 0 Å². The number of hydrogen-bond acceptors (Lipinski definition) is 3. The van der Waals surface area contributed by atoms with E-state index in [1.165, 1.54) is 0 Å². The summed E-state index contributed by atoms with van der Waals surface area (Å²) in [6.45, 7) is 2.03. The minimum atomic E-state index is -0.578. The Kier molecular flexibility index (Phi) is 3.70. The van der Waals surface area contributed by atoms with Gasteiger partial charge in [-0.05, 0) is 60.0 Å². The molecule has 3 heteroatoms. The van der Waals surface area contributed by atoms with Crippen LogP contribution in [0, 0.1) is 0 Å². The molecular weight excluding hydrogens is 288 g/mol. The highest BCUT2D eigenvalue weighted by Gasteiger charge is 2.31. The molecule has 3 nitrogen and oxygen atoms in total. The number of hydrogen-bond donors (Lipinski definition) is 3. The first kappa shape index (κ1) is 15.0. The van der Waals surface area contributed by atoms with Crippen molar-refractivity contribution in [2.45, 2.75) is 12.3 Å². The van der Waals surface area contributed by atoms with Crippen LogP contribution >= 0.6 is 0 Å². The first-order valence-corrected chi connectivity index (χ1v) is 7.38. The van der Waals surface area contributed by atoms with Crippen LogP contribution in [0.4, 0.5) is 0 Å². The highest BCUT2D eigenvalue weighted by atomic mass is 16.3. The van der Waals surface area contributed by atoms with E-state index in [9.17, 15) is 15.3 Å². The monoisotopic (exact) mass is 306 g/mol. The van der Waals surface area contributed by atoms with Crippen LogP contribution in [0.1, 0.15) is 23.6 Å². The second-order valence-electron chi connectivity index (χ2n) is 5.77. The van der Waals surface area contributed by atoms with Crippen LogP contribution in [0.15, 0.2) is 72.8 Å². The van der Waals surface area contributed by atoms with Gasteiger partial charge >= 0.3 is 0 Å². The van der Waals surface area contributed by atoms with E-state index < -0.39 is 5.41 Å². The van der Waals surface area contributed by atoms with Gasteiger partial charge in [0.25, 0.3) is 0 Å². The lowest BCUT2D eigenvalue weighted by atomic mass is 9.71. The topological polar surface area (TPSA) is 60.7 Å². The van der Waals surface area contributed by atoms with Crippen molar-refractivity contribution in [3.63, 3.8) is 0 Å². The fraction of sp³-hybridized carbons (Fsp3) is 0.100. The Balaban J connectivity index is 2.27. The van der Waals surface area contributed by atoms with Crippen molar-refractivity contribution in [3.05, 3.63) is 89.5 Å². The van der Waals surface area contributed by atoms with E-state index in [-0.39, 0.29) is 17.2 Å². The highest BCUT2D eigenvalue weighted by molar-refractivity contribution is 5.52. The molecule has 0 atom stereocenters. The summed E-state index contributed by atoms with van der Waals surface area (Å²) >= 11 is 0. The van der Waals surface area contributed by atoms with Gasteiger partial charge in [-0.25, -0.2) is 0 Å². The summed E-state index contributed by atoms with van der Waals surface area (Å²) in [4.78, 5) is 0. The third kappa shape index (κ3) is 2.73. The van der Waals surface area contributed by atoms with Gasteiger partial charge < -0.3 is 15.3 Å². The SMILES string of the molecule is CC(c1ccc(O)cc1)(c1cccc(O)c1)c1cccc(O)c1. The Hall–Kier alpha value is -2.94. The lowest BCUT2D eigenvalue weighted by Crippen LogP contribution is -2.25. The maximum atomic E-state index is 9.88. The van der Waals surface area contributed by atoms with Gasteiger partial charge in [-0.15, -0.1) is 0 Å². The summed E-state index contributed by atoms with van der Waals surface area (Å²) in [6.07, 6.45) is 0. The second-order valence-corrected chi connectivity index (χ2v) is 5.77. The van der Waals surface area contributed by atoms with E-state index >= 15 is 0 Å². The lowest BCUT2D eigenvalue weighted by molar-refractivity contribution is 0.470. The summed E-state index contributed by atoms with van der Waals surface area (Å²) in [7, 11) is 0. The summed E-state index contributed by atoms with van der Waals surface area (Å²) in [5.41, 5.74) is 2.17. The maximum absolute atomic E-state index is 9.88. The van der Waals surface area contributed by atoms with Crippen molar-refractivity contribution in [1.29, 1.82) is 0 Å². The quantitative estimate of drug-likeness (QED) is 0.637. The van der Waals surface area contributed by atoms with Crippen molar-refractivity contribution in [2.75, 3.05) is 0 Å². The third-order valence-corrected chi connectivity index (χ3v) is 4.29. The molecule has 3 rings (SSSR count). The van der Waals surface area contributed by atoms with Crippen LogP contribution in [-0.4, -0.2) is 15.3 Å². The van der Waals surface area contributed by atoms with Crippen LogP contribution < -0.4 is 0 Å². The Labute approximate surface area is 135 Å². The minimum absolute atomic E-state index is 0.188. The van der Waals surface area contributed by atoms with Gasteiger partial charge in [0.05, 0.1) is 0 Å². The minimum Gasteiger partial charge on any atom is -0.508 e. The molecule has 0 bridgehead atoms. The zero-order valence-corrected chi connectivity index (χ0v) is 12.8. The molecular formula is C20H18O3. The van der Waals surface area contributed by atoms with Gasteiger partial charge in [0.15, 0.2) is 0 Å². The Morgan fingerprint density at radius 2 is 1.04 bits per heavy atom. The molecule has 23 heavy (non-hydrogen) atoms. The maximum Gasteiger partial charge on any atom is 0.115 e. The fourth-order valence-electron chi connectivity index (χ4n) is 2.93. The van der Waals surface area contributed by atoms with Gasteiger partial charge in [-0.2, -0.15) is 0 Å². The van der Waals surface area contributed by atoms with Gasteiger partial charge in [-0.1, -0.05) is 36.4 Å². The molecule has 0 unspecified atom stereocenters. The summed E-state index contributed by atoms with van der Waals surface area (Å²) in [5, 5.41) is 29.3. The van der Waals surface area contributed by atoms with E-state index in [2.05, 4.69) is 0 Å². The zero-order chi connectivity index (χ0) is 16.4. The number of rotatable bonds is 3. The van der Waals surface area contributed by atoms with E-state index in [1.54, 1.807) is 48.5 Å². The average molecular weight is 306 g/mol. The molecule has 116 valence electrons. The molecule has 3 aromatic rings. The van der Waals surface area contributed by atoms with Crippen molar-refractivity contribution in [2.24, 2.45) is 0 Å². The largest absolute Gasteiger partial charge is 0.508 e. The number of aromatic hydroxyl groups is 3. The van der Waals surface area contributed by atoms with Crippen LogP contribution in [0.2, 0.25) is 0 Å². The molecule has 0 heterocycles. The Morgan fingerprint density at radius 1 is 0.565 bits per heavy atom. The van der Waals surface area contributed by atoms with E-state index in [0.717, 1.165) is 16.7 Å². The molecule has 0 aliphatic heterocycles. The van der Waals surface area contributed by atoms with Crippen LogP contribution in [0.25, 0.3) is 0 Å². The molecule has 3 N–H and O–H groups in total. The summed E-state index contributed by atoms with van der Waals surface area (Å²) in [5.74, 6) is 0.572. The highest BCUT2D eigenvalue weighted by Crippen LogP contribution is 2.41. The van der Waals surface area contributed by atoms with Gasteiger partial charge in [0.2, 0.25) is 0 Å². The smallest absolute Gasteiger partial charge is 0.115 e. The zero-order valence-electron chi connectivity index (χ0n) is 12.8. The van der Waals surface area contributed by atoms with E-state index in [1.807, 2.05) is 31.2 Å². The molecule has 0 aromatic heterocycles. The fourth-order valence-corrected chi connectivity index (χ4v) is 2.93. The normalized spacial score (nSPS) is 11.3. The molecule has 0 saturated heterocycles. The van der Waals surface area contributed by atoms with Gasteiger partial charge in [0, 0.05) is 5.41 Å². The number of phenols is 3. The number of phenolic OH excluding ortho intramolecular Hbond substituents is 3. The average Bonchev–Trinajstić information content (AvgIpc) is 2.55. The molecule has 0 radical (unpaired) electrons. The summed E-state index contributed by atoms with van der Waals surface area (Å²) < 4.78 is 0. The Morgan fingerprint density at radius 3 is 1.48 bits per heavy atom. The van der Waals surface area contributed by atoms with Crippen molar-refractivity contribution in [1.82, 2.24) is 0 Å². The molecule has 0 spiro atoms. The molecule has 0 aliphatic carbocycles. The molecule has 3 aromatic carbocycles.